The molecule has 2 aliphatic heterocycles. The maximum absolute atomic E-state index is 13.1. The van der Waals surface area contributed by atoms with Crippen LogP contribution in [-0.2, 0) is 17.6 Å². The number of aryl methyl sites for hydroxylation is 2. The Bertz CT molecular complexity index is 1140. The number of thiazole rings is 1. The van der Waals surface area contributed by atoms with Crippen molar-refractivity contribution in [3.63, 3.8) is 0 Å². The van der Waals surface area contributed by atoms with E-state index in [9.17, 15) is 4.79 Å². The van der Waals surface area contributed by atoms with E-state index < -0.39 is 0 Å². The molecule has 0 N–H and O–H groups in total. The van der Waals surface area contributed by atoms with E-state index >= 15 is 0 Å². The molecule has 0 radical (unpaired) electrons. The van der Waals surface area contributed by atoms with Crippen molar-refractivity contribution in [1.82, 2.24) is 24.8 Å². The SMILES string of the molecule is CSc1cnc(CC[C@H](C)CCc2nc3ccc(C(=O)N4CCN(C5COC5)CC4)cc3s2)nc1. The van der Waals surface area contributed by atoms with Crippen LogP contribution >= 0.6 is 23.1 Å². The van der Waals surface area contributed by atoms with E-state index in [0.717, 1.165) is 96.6 Å². The van der Waals surface area contributed by atoms with E-state index in [2.05, 4.69) is 21.8 Å². The van der Waals surface area contributed by atoms with Gasteiger partial charge < -0.3 is 9.64 Å². The summed E-state index contributed by atoms with van der Waals surface area (Å²) >= 11 is 3.38. The van der Waals surface area contributed by atoms with Gasteiger partial charge in [0.15, 0.2) is 0 Å². The number of amides is 1. The number of carbonyl (C=O) groups is 1. The van der Waals surface area contributed by atoms with E-state index in [1.807, 2.05) is 41.7 Å². The minimum Gasteiger partial charge on any atom is -0.378 e. The molecule has 2 fully saturated rings. The zero-order chi connectivity index (χ0) is 24.2. The molecule has 0 aliphatic carbocycles. The average molecular weight is 512 g/mol. The van der Waals surface area contributed by atoms with Gasteiger partial charge in [-0.25, -0.2) is 15.0 Å². The van der Waals surface area contributed by atoms with Crippen molar-refractivity contribution in [3.05, 3.63) is 47.0 Å². The molecule has 3 aromatic rings. The van der Waals surface area contributed by atoms with Crippen molar-refractivity contribution in [3.8, 4) is 0 Å². The Morgan fingerprint density at radius 1 is 1.14 bits per heavy atom. The second-order valence-corrected chi connectivity index (χ2v) is 11.5. The molecule has 186 valence electrons. The third-order valence-corrected chi connectivity index (χ3v) is 8.81. The topological polar surface area (TPSA) is 71.5 Å². The van der Waals surface area contributed by atoms with Crippen molar-refractivity contribution in [1.29, 1.82) is 0 Å². The van der Waals surface area contributed by atoms with Gasteiger partial charge in [-0.1, -0.05) is 6.92 Å². The van der Waals surface area contributed by atoms with Crippen LogP contribution in [0, 0.1) is 5.92 Å². The fraction of sp³-hybridized carbons (Fsp3) is 0.538. The fourth-order valence-corrected chi connectivity index (χ4v) is 5.92. The first kappa shape index (κ1) is 24.6. The maximum atomic E-state index is 13.1. The van der Waals surface area contributed by atoms with Gasteiger partial charge in [0, 0.05) is 55.5 Å². The molecule has 7 nitrogen and oxygen atoms in total. The molecule has 0 saturated carbocycles. The summed E-state index contributed by atoms with van der Waals surface area (Å²) < 4.78 is 6.41. The van der Waals surface area contributed by atoms with E-state index in [4.69, 9.17) is 9.72 Å². The minimum absolute atomic E-state index is 0.132. The average Bonchev–Trinajstić information content (AvgIpc) is 3.28. The summed E-state index contributed by atoms with van der Waals surface area (Å²) in [6.45, 7) is 7.38. The van der Waals surface area contributed by atoms with Crippen LogP contribution in [0.1, 0.15) is 41.0 Å². The maximum Gasteiger partial charge on any atom is 0.253 e. The number of hydrogen-bond donors (Lipinski definition) is 0. The molecule has 2 aliphatic rings. The lowest BCUT2D eigenvalue weighted by Gasteiger charge is -2.42. The molecule has 2 saturated heterocycles. The molecule has 4 heterocycles. The van der Waals surface area contributed by atoms with Crippen LogP contribution in [0.2, 0.25) is 0 Å². The van der Waals surface area contributed by atoms with E-state index in [-0.39, 0.29) is 5.91 Å². The van der Waals surface area contributed by atoms with Gasteiger partial charge in [-0.05, 0) is 49.6 Å². The summed E-state index contributed by atoms with van der Waals surface area (Å²) in [6.07, 6.45) is 9.88. The first-order valence-corrected chi connectivity index (χ1v) is 14.5. The van der Waals surface area contributed by atoms with Crippen molar-refractivity contribution in [2.45, 2.75) is 43.5 Å². The number of thioether (sulfide) groups is 1. The number of benzene rings is 1. The van der Waals surface area contributed by atoms with Crippen LogP contribution in [0.25, 0.3) is 10.2 Å². The van der Waals surface area contributed by atoms with Crippen molar-refractivity contribution in [2.75, 3.05) is 45.6 Å². The molecule has 0 unspecified atom stereocenters. The normalized spacial score (nSPS) is 18.1. The highest BCUT2D eigenvalue weighted by molar-refractivity contribution is 7.98. The largest absolute Gasteiger partial charge is 0.378 e. The molecular formula is C26H33N5O2S2. The smallest absolute Gasteiger partial charge is 0.253 e. The summed E-state index contributed by atoms with van der Waals surface area (Å²) in [7, 11) is 0. The highest BCUT2D eigenvalue weighted by atomic mass is 32.2. The Morgan fingerprint density at radius 3 is 2.57 bits per heavy atom. The number of aromatic nitrogens is 3. The number of fused-ring (bicyclic) bond motifs is 1. The van der Waals surface area contributed by atoms with Gasteiger partial charge in [0.05, 0.1) is 34.5 Å². The molecular weight excluding hydrogens is 478 g/mol. The molecule has 2 aromatic heterocycles. The Morgan fingerprint density at radius 2 is 1.89 bits per heavy atom. The zero-order valence-electron chi connectivity index (χ0n) is 20.5. The van der Waals surface area contributed by atoms with Crippen molar-refractivity contribution >= 4 is 39.2 Å². The van der Waals surface area contributed by atoms with Gasteiger partial charge in [0.25, 0.3) is 5.91 Å². The van der Waals surface area contributed by atoms with E-state index in [0.29, 0.717) is 12.0 Å². The first-order valence-electron chi connectivity index (χ1n) is 12.4. The summed E-state index contributed by atoms with van der Waals surface area (Å²) in [6, 6.07) is 6.51. The Kier molecular flexibility index (Phi) is 7.97. The number of nitrogens with zero attached hydrogens (tertiary/aromatic N) is 5. The first-order chi connectivity index (χ1) is 17.1. The highest BCUT2D eigenvalue weighted by Gasteiger charge is 2.30. The van der Waals surface area contributed by atoms with Gasteiger partial charge in [-0.2, -0.15) is 0 Å². The van der Waals surface area contributed by atoms with Gasteiger partial charge in [-0.3, -0.25) is 9.69 Å². The highest BCUT2D eigenvalue weighted by Crippen LogP contribution is 2.26. The second kappa shape index (κ2) is 11.3. The molecule has 1 aromatic carbocycles. The number of ether oxygens (including phenoxy) is 1. The minimum atomic E-state index is 0.132. The van der Waals surface area contributed by atoms with Gasteiger partial charge in [-0.15, -0.1) is 23.1 Å². The quantitative estimate of drug-likeness (QED) is 0.399. The summed E-state index contributed by atoms with van der Waals surface area (Å²) in [5.74, 6) is 1.63. The van der Waals surface area contributed by atoms with Gasteiger partial charge in [0.1, 0.15) is 5.82 Å². The van der Waals surface area contributed by atoms with Crippen LogP contribution in [-0.4, -0.2) is 82.3 Å². The number of piperazine rings is 1. The van der Waals surface area contributed by atoms with E-state index in [1.54, 1.807) is 23.1 Å². The lowest BCUT2D eigenvalue weighted by molar-refractivity contribution is -0.0746. The third kappa shape index (κ3) is 6.02. The predicted molar refractivity (Wildman–Crippen MR) is 141 cm³/mol. The van der Waals surface area contributed by atoms with E-state index in [1.165, 1.54) is 0 Å². The Hall–Kier alpha value is -2.07. The fourth-order valence-electron chi connectivity index (χ4n) is 4.59. The van der Waals surface area contributed by atoms with Crippen LogP contribution in [0.15, 0.2) is 35.5 Å². The molecule has 0 bridgehead atoms. The van der Waals surface area contributed by atoms with Crippen molar-refractivity contribution < 1.29 is 9.53 Å². The third-order valence-electron chi connectivity index (χ3n) is 7.05. The van der Waals surface area contributed by atoms with Crippen LogP contribution < -0.4 is 0 Å². The molecule has 0 spiro atoms. The Labute approximate surface area is 215 Å². The Balaban J connectivity index is 1.12. The second-order valence-electron chi connectivity index (χ2n) is 9.53. The van der Waals surface area contributed by atoms with Crippen molar-refractivity contribution in [2.24, 2.45) is 5.92 Å². The summed E-state index contributed by atoms with van der Waals surface area (Å²) in [5.41, 5.74) is 1.76. The molecule has 5 rings (SSSR count). The molecule has 9 heteroatoms. The van der Waals surface area contributed by atoms with Crippen LogP contribution in [0.4, 0.5) is 0 Å². The summed E-state index contributed by atoms with van der Waals surface area (Å²) in [4.78, 5) is 32.4. The standard InChI is InChI=1S/C26H33N5O2S2/c1-18(3-7-24-27-14-21(34-2)15-28-24)4-8-25-29-22-6-5-19(13-23(22)35-25)26(32)31-11-9-30(10-12-31)20-16-33-17-20/h5-6,13-15,18,20H,3-4,7-12,16-17H2,1-2H3/t18-/m0/s1. The van der Waals surface area contributed by atoms with Gasteiger partial charge >= 0.3 is 0 Å². The van der Waals surface area contributed by atoms with Gasteiger partial charge in [0.2, 0.25) is 0 Å². The predicted octanol–water partition coefficient (Wildman–Crippen LogP) is 4.17. The molecule has 1 atom stereocenters. The number of hydrogen-bond acceptors (Lipinski definition) is 8. The lowest BCUT2D eigenvalue weighted by atomic mass is 10.00. The molecule has 35 heavy (non-hydrogen) atoms. The van der Waals surface area contributed by atoms with Crippen LogP contribution in [0.3, 0.4) is 0 Å². The zero-order valence-corrected chi connectivity index (χ0v) is 22.1. The molecule has 1 amide bonds. The number of rotatable bonds is 9. The van der Waals surface area contributed by atoms with Crippen LogP contribution in [0.5, 0.6) is 0 Å². The monoisotopic (exact) mass is 511 g/mol. The lowest BCUT2D eigenvalue weighted by Crippen LogP contribution is -2.57. The summed E-state index contributed by atoms with van der Waals surface area (Å²) in [5, 5.41) is 1.15. The number of carbonyl (C=O) groups excluding carboxylic acids is 1.